The minimum Gasteiger partial charge on any atom is -0.364 e. The normalized spacial score (nSPS) is 11.5. The zero-order valence-corrected chi connectivity index (χ0v) is 19.0. The maximum Gasteiger partial charge on any atom is 0.331 e. The minimum absolute atomic E-state index is 0.0735. The molecule has 30 heavy (non-hydrogen) atoms. The largest absolute Gasteiger partial charge is 0.364 e. The van der Waals surface area contributed by atoms with E-state index in [1.165, 1.54) is 84.2 Å². The summed E-state index contributed by atoms with van der Waals surface area (Å²) >= 11 is 0. The molecule has 2 aromatic rings. The van der Waals surface area contributed by atoms with E-state index in [1.54, 1.807) is 6.33 Å². The van der Waals surface area contributed by atoms with Crippen LogP contribution in [0.4, 0.5) is 0 Å². The first-order chi connectivity index (χ1) is 14.7. The highest BCUT2D eigenvalue weighted by Gasteiger charge is 2.12. The predicted octanol–water partition coefficient (Wildman–Crippen LogP) is 4.97. The van der Waals surface area contributed by atoms with Crippen molar-refractivity contribution >= 4 is 11.2 Å². The molecule has 7 nitrogen and oxygen atoms in total. The summed E-state index contributed by atoms with van der Waals surface area (Å²) in [4.78, 5) is 31.4. The van der Waals surface area contributed by atoms with Crippen LogP contribution in [-0.2, 0) is 18.0 Å². The number of hydrogen-bond acceptors (Lipinski definition) is 4. The van der Waals surface area contributed by atoms with E-state index in [-0.39, 0.29) is 12.2 Å². The number of nitrogens with zero attached hydrogens (tertiary/aromatic N) is 3. The van der Waals surface area contributed by atoms with Gasteiger partial charge in [-0.15, -0.1) is 0 Å². The fourth-order valence-corrected chi connectivity index (χ4v) is 3.95. The van der Waals surface area contributed by atoms with Crippen molar-refractivity contribution in [2.75, 3.05) is 7.11 Å². The summed E-state index contributed by atoms with van der Waals surface area (Å²) in [5.74, 6) is 0. The van der Waals surface area contributed by atoms with Crippen molar-refractivity contribution in [3.05, 3.63) is 27.2 Å². The topological polar surface area (TPSA) is 81.9 Å². The van der Waals surface area contributed by atoms with E-state index < -0.39 is 11.2 Å². The third kappa shape index (κ3) is 7.74. The maximum absolute atomic E-state index is 12.3. The van der Waals surface area contributed by atoms with Crippen LogP contribution in [0.15, 0.2) is 15.9 Å². The standard InChI is InChI=1S/C23H40N4O3/c1-3-4-5-6-7-8-9-10-11-12-13-14-15-16-17-26-18-24-20-21(26)25-23(29)27(19-30-2)22(20)28/h18H,3-17,19H2,1-2H3,(H,25,29). The number of aromatic nitrogens is 4. The van der Waals surface area contributed by atoms with Crippen LogP contribution in [0.25, 0.3) is 11.2 Å². The molecule has 2 aromatic heterocycles. The van der Waals surface area contributed by atoms with Crippen molar-refractivity contribution in [1.82, 2.24) is 19.1 Å². The molecule has 0 radical (unpaired) electrons. The average Bonchev–Trinajstić information content (AvgIpc) is 3.14. The summed E-state index contributed by atoms with van der Waals surface area (Å²) in [6.07, 6.45) is 20.2. The van der Waals surface area contributed by atoms with E-state index in [9.17, 15) is 9.59 Å². The minimum atomic E-state index is -0.461. The molecule has 0 saturated carbocycles. The average molecular weight is 421 g/mol. The summed E-state index contributed by atoms with van der Waals surface area (Å²) in [5.41, 5.74) is -0.0728. The van der Waals surface area contributed by atoms with Crippen LogP contribution in [0, 0.1) is 0 Å². The summed E-state index contributed by atoms with van der Waals surface area (Å²) < 4.78 is 7.80. The summed E-state index contributed by atoms with van der Waals surface area (Å²) in [5, 5.41) is 0. The Morgan fingerprint density at radius 1 is 0.867 bits per heavy atom. The highest BCUT2D eigenvalue weighted by molar-refractivity contribution is 5.68. The van der Waals surface area contributed by atoms with Crippen molar-refractivity contribution in [3.63, 3.8) is 0 Å². The first kappa shape index (κ1) is 24.4. The highest BCUT2D eigenvalue weighted by atomic mass is 16.5. The van der Waals surface area contributed by atoms with Crippen molar-refractivity contribution in [1.29, 1.82) is 0 Å². The van der Waals surface area contributed by atoms with Gasteiger partial charge in [0.15, 0.2) is 5.52 Å². The van der Waals surface area contributed by atoms with Crippen molar-refractivity contribution in [3.8, 4) is 0 Å². The van der Waals surface area contributed by atoms with Crippen LogP contribution in [0.2, 0.25) is 0 Å². The molecule has 0 bridgehead atoms. The highest BCUT2D eigenvalue weighted by Crippen LogP contribution is 2.13. The monoisotopic (exact) mass is 420 g/mol. The van der Waals surface area contributed by atoms with Gasteiger partial charge in [0, 0.05) is 13.7 Å². The smallest absolute Gasteiger partial charge is 0.331 e. The Morgan fingerprint density at radius 3 is 1.93 bits per heavy atom. The number of unbranched alkanes of at least 4 members (excludes halogenated alkanes) is 13. The van der Waals surface area contributed by atoms with E-state index >= 15 is 0 Å². The van der Waals surface area contributed by atoms with Crippen molar-refractivity contribution in [2.45, 2.75) is 110 Å². The van der Waals surface area contributed by atoms with Gasteiger partial charge >= 0.3 is 5.69 Å². The number of H-pyrrole nitrogens is 1. The lowest BCUT2D eigenvalue weighted by molar-refractivity contribution is 0.124. The Labute approximate surface area is 179 Å². The van der Waals surface area contributed by atoms with Crippen LogP contribution in [0.3, 0.4) is 0 Å². The molecule has 0 amide bonds. The molecular weight excluding hydrogens is 380 g/mol. The van der Waals surface area contributed by atoms with Crippen LogP contribution in [0.1, 0.15) is 96.8 Å². The molecule has 0 aliphatic heterocycles. The molecule has 7 heteroatoms. The van der Waals surface area contributed by atoms with Gasteiger partial charge in [0.2, 0.25) is 0 Å². The van der Waals surface area contributed by atoms with E-state index in [2.05, 4.69) is 16.9 Å². The fraction of sp³-hybridized carbons (Fsp3) is 0.783. The Kier molecular flexibility index (Phi) is 11.5. The second-order valence-electron chi connectivity index (χ2n) is 8.31. The zero-order chi connectivity index (χ0) is 21.6. The second kappa shape index (κ2) is 14.2. The van der Waals surface area contributed by atoms with Gasteiger partial charge in [0.25, 0.3) is 5.56 Å². The lowest BCUT2D eigenvalue weighted by Gasteiger charge is -2.06. The molecule has 0 fully saturated rings. The number of imidazole rings is 1. The number of fused-ring (bicyclic) bond motifs is 1. The van der Waals surface area contributed by atoms with Gasteiger partial charge in [-0.05, 0) is 6.42 Å². The van der Waals surface area contributed by atoms with Gasteiger partial charge in [-0.2, -0.15) is 0 Å². The number of aromatic amines is 1. The number of methoxy groups -OCH3 is 1. The quantitative estimate of drug-likeness (QED) is 0.366. The Balaban J connectivity index is 1.58. The van der Waals surface area contributed by atoms with E-state index in [0.29, 0.717) is 5.65 Å². The number of hydrogen-bond donors (Lipinski definition) is 1. The molecule has 0 aliphatic rings. The van der Waals surface area contributed by atoms with Gasteiger partial charge in [-0.3, -0.25) is 9.78 Å². The Morgan fingerprint density at radius 2 is 1.40 bits per heavy atom. The third-order valence-corrected chi connectivity index (χ3v) is 5.77. The molecule has 0 saturated heterocycles. The lowest BCUT2D eigenvalue weighted by Crippen LogP contribution is -2.35. The zero-order valence-electron chi connectivity index (χ0n) is 19.0. The molecule has 0 unspecified atom stereocenters. The fourth-order valence-electron chi connectivity index (χ4n) is 3.95. The summed E-state index contributed by atoms with van der Waals surface area (Å²) in [6.45, 7) is 2.96. The Bertz CT molecular complexity index is 837. The summed E-state index contributed by atoms with van der Waals surface area (Å²) in [7, 11) is 1.45. The van der Waals surface area contributed by atoms with Gasteiger partial charge in [0.1, 0.15) is 12.4 Å². The first-order valence-electron chi connectivity index (χ1n) is 11.9. The lowest BCUT2D eigenvalue weighted by atomic mass is 10.0. The third-order valence-electron chi connectivity index (χ3n) is 5.77. The molecule has 1 N–H and O–H groups in total. The van der Waals surface area contributed by atoms with Crippen LogP contribution in [0.5, 0.6) is 0 Å². The van der Waals surface area contributed by atoms with Crippen molar-refractivity contribution in [2.24, 2.45) is 0 Å². The molecule has 2 heterocycles. The van der Waals surface area contributed by atoms with E-state index in [0.717, 1.165) is 24.0 Å². The SMILES string of the molecule is CCCCCCCCCCCCCCCCn1cnc2c(=O)n(COC)c(=O)[nH]c21. The van der Waals surface area contributed by atoms with Crippen molar-refractivity contribution < 1.29 is 4.74 Å². The van der Waals surface area contributed by atoms with E-state index in [1.807, 2.05) is 4.57 Å². The van der Waals surface area contributed by atoms with Crippen LogP contribution in [-0.4, -0.2) is 26.2 Å². The number of ether oxygens (including phenoxy) is 1. The molecule has 0 spiro atoms. The van der Waals surface area contributed by atoms with E-state index in [4.69, 9.17) is 4.74 Å². The predicted molar refractivity (Wildman–Crippen MR) is 122 cm³/mol. The molecular formula is C23H40N4O3. The summed E-state index contributed by atoms with van der Waals surface area (Å²) in [6, 6.07) is 0. The van der Waals surface area contributed by atoms with Crippen LogP contribution >= 0.6 is 0 Å². The first-order valence-corrected chi connectivity index (χ1v) is 11.9. The number of rotatable bonds is 17. The van der Waals surface area contributed by atoms with Gasteiger partial charge in [-0.25, -0.2) is 14.3 Å². The number of nitrogens with one attached hydrogen (secondary N) is 1. The van der Waals surface area contributed by atoms with Gasteiger partial charge in [-0.1, -0.05) is 90.4 Å². The molecule has 170 valence electrons. The van der Waals surface area contributed by atoms with Crippen LogP contribution < -0.4 is 11.2 Å². The van der Waals surface area contributed by atoms with Gasteiger partial charge in [0.05, 0.1) is 6.33 Å². The molecule has 0 atom stereocenters. The second-order valence-corrected chi connectivity index (χ2v) is 8.31. The Hall–Kier alpha value is -1.89. The molecule has 0 aliphatic carbocycles. The number of aryl methyl sites for hydroxylation is 1. The molecule has 2 rings (SSSR count). The van der Waals surface area contributed by atoms with Gasteiger partial charge < -0.3 is 9.30 Å². The molecule has 0 aromatic carbocycles. The maximum atomic E-state index is 12.3.